The third kappa shape index (κ3) is 5.25. The first-order chi connectivity index (χ1) is 13.4. The first kappa shape index (κ1) is 20.2. The minimum atomic E-state index is -0.389. The van der Waals surface area contributed by atoms with Crippen molar-refractivity contribution in [1.29, 1.82) is 0 Å². The summed E-state index contributed by atoms with van der Waals surface area (Å²) in [5.74, 6) is -0.192. The van der Waals surface area contributed by atoms with E-state index in [4.69, 9.17) is 23.2 Å². The largest absolute Gasteiger partial charge is 0.331 e. The molecule has 1 aromatic heterocycles. The van der Waals surface area contributed by atoms with Crippen LogP contribution in [0.1, 0.15) is 28.2 Å². The molecule has 3 aromatic rings. The highest BCUT2D eigenvalue weighted by molar-refractivity contribution is 7.12. The molecule has 0 radical (unpaired) electrons. The van der Waals surface area contributed by atoms with Crippen LogP contribution < -0.4 is 16.0 Å². The summed E-state index contributed by atoms with van der Waals surface area (Å²) < 4.78 is 0. The van der Waals surface area contributed by atoms with Gasteiger partial charge in [-0.1, -0.05) is 41.4 Å². The number of amides is 3. The molecule has 144 valence electrons. The number of urea groups is 1. The molecule has 0 aliphatic carbocycles. The highest BCUT2D eigenvalue weighted by Gasteiger charge is 2.13. The van der Waals surface area contributed by atoms with Gasteiger partial charge in [-0.2, -0.15) is 0 Å². The summed E-state index contributed by atoms with van der Waals surface area (Å²) in [6.07, 6.45) is 0. The molecule has 0 aliphatic rings. The van der Waals surface area contributed by atoms with E-state index in [1.54, 1.807) is 48.5 Å². The van der Waals surface area contributed by atoms with E-state index in [-0.39, 0.29) is 18.0 Å². The van der Waals surface area contributed by atoms with Gasteiger partial charge in [-0.05, 0) is 54.3 Å². The second kappa shape index (κ2) is 9.10. The Bertz CT molecular complexity index is 993. The van der Waals surface area contributed by atoms with Gasteiger partial charge in [0.2, 0.25) is 0 Å². The number of rotatable bonds is 5. The van der Waals surface area contributed by atoms with Gasteiger partial charge in [0.05, 0.1) is 10.9 Å². The van der Waals surface area contributed by atoms with Crippen molar-refractivity contribution in [1.82, 2.24) is 5.32 Å². The number of hydrogen-bond acceptors (Lipinski definition) is 3. The summed E-state index contributed by atoms with van der Waals surface area (Å²) in [7, 11) is 0. The molecule has 5 nitrogen and oxygen atoms in total. The predicted molar refractivity (Wildman–Crippen MR) is 116 cm³/mol. The summed E-state index contributed by atoms with van der Waals surface area (Å²) in [4.78, 5) is 25.1. The number of anilines is 2. The van der Waals surface area contributed by atoms with Gasteiger partial charge in [-0.25, -0.2) is 4.79 Å². The van der Waals surface area contributed by atoms with E-state index in [1.807, 2.05) is 18.4 Å². The van der Waals surface area contributed by atoms with Crippen molar-refractivity contribution in [3.8, 4) is 0 Å². The molecule has 1 unspecified atom stereocenters. The van der Waals surface area contributed by atoms with Crippen molar-refractivity contribution in [3.63, 3.8) is 0 Å². The standard InChI is InChI=1S/C20H17Cl2N3O2S/c1-12(16-8-7-13(21)10-17(16)22)23-20(27)25-15-5-2-4-14(11-15)24-19(26)18-6-3-9-28-18/h2-12H,1H3,(H,24,26)(H2,23,25,27). The van der Waals surface area contributed by atoms with Gasteiger partial charge in [-0.15, -0.1) is 11.3 Å². The molecule has 1 atom stereocenters. The molecule has 0 fully saturated rings. The topological polar surface area (TPSA) is 70.2 Å². The van der Waals surface area contributed by atoms with Crippen LogP contribution in [-0.4, -0.2) is 11.9 Å². The third-order valence-corrected chi connectivity index (χ3v) is 5.33. The van der Waals surface area contributed by atoms with E-state index in [9.17, 15) is 9.59 Å². The Morgan fingerprint density at radius 1 is 0.964 bits per heavy atom. The Balaban J connectivity index is 1.61. The van der Waals surface area contributed by atoms with Crippen molar-refractivity contribution in [2.24, 2.45) is 0 Å². The lowest BCUT2D eigenvalue weighted by molar-refractivity contribution is 0.103. The first-order valence-electron chi connectivity index (χ1n) is 8.40. The van der Waals surface area contributed by atoms with Crippen molar-refractivity contribution >= 4 is 57.9 Å². The Hall–Kier alpha value is -2.54. The average Bonchev–Trinajstić information content (AvgIpc) is 3.16. The average molecular weight is 434 g/mol. The van der Waals surface area contributed by atoms with Crippen molar-refractivity contribution in [2.75, 3.05) is 10.6 Å². The first-order valence-corrected chi connectivity index (χ1v) is 10.0. The van der Waals surface area contributed by atoms with E-state index in [2.05, 4.69) is 16.0 Å². The lowest BCUT2D eigenvalue weighted by atomic mass is 10.1. The number of carbonyl (C=O) groups excluding carboxylic acids is 2. The zero-order valence-electron chi connectivity index (χ0n) is 14.8. The fourth-order valence-electron chi connectivity index (χ4n) is 2.57. The number of halogens is 2. The fourth-order valence-corrected chi connectivity index (χ4v) is 3.76. The van der Waals surface area contributed by atoms with Crippen LogP contribution in [-0.2, 0) is 0 Å². The Morgan fingerprint density at radius 2 is 1.71 bits per heavy atom. The van der Waals surface area contributed by atoms with Crippen LogP contribution in [0.3, 0.4) is 0 Å². The van der Waals surface area contributed by atoms with Crippen LogP contribution in [0, 0.1) is 0 Å². The zero-order chi connectivity index (χ0) is 20.1. The highest BCUT2D eigenvalue weighted by atomic mass is 35.5. The SMILES string of the molecule is CC(NC(=O)Nc1cccc(NC(=O)c2cccs2)c1)c1ccc(Cl)cc1Cl. The van der Waals surface area contributed by atoms with Crippen LogP contribution in [0.2, 0.25) is 10.0 Å². The molecule has 0 spiro atoms. The van der Waals surface area contributed by atoms with Crippen LogP contribution in [0.25, 0.3) is 0 Å². The number of nitrogens with one attached hydrogen (secondary N) is 3. The quantitative estimate of drug-likeness (QED) is 0.448. The number of carbonyl (C=O) groups is 2. The number of hydrogen-bond donors (Lipinski definition) is 3. The van der Waals surface area contributed by atoms with Crippen molar-refractivity contribution in [2.45, 2.75) is 13.0 Å². The normalized spacial score (nSPS) is 11.5. The molecule has 28 heavy (non-hydrogen) atoms. The smallest absolute Gasteiger partial charge is 0.319 e. The summed E-state index contributed by atoms with van der Waals surface area (Å²) in [5.41, 5.74) is 1.90. The Kier molecular flexibility index (Phi) is 6.57. The van der Waals surface area contributed by atoms with Crippen LogP contribution in [0.4, 0.5) is 16.2 Å². The van der Waals surface area contributed by atoms with E-state index in [1.165, 1.54) is 11.3 Å². The van der Waals surface area contributed by atoms with Crippen LogP contribution in [0.15, 0.2) is 60.0 Å². The van der Waals surface area contributed by atoms with E-state index in [0.29, 0.717) is 26.3 Å². The fraction of sp³-hybridized carbons (Fsp3) is 0.100. The lowest BCUT2D eigenvalue weighted by Crippen LogP contribution is -2.31. The molecular formula is C20H17Cl2N3O2S. The zero-order valence-corrected chi connectivity index (χ0v) is 17.2. The van der Waals surface area contributed by atoms with E-state index >= 15 is 0 Å². The van der Waals surface area contributed by atoms with Gasteiger partial charge < -0.3 is 16.0 Å². The predicted octanol–water partition coefficient (Wildman–Crippen LogP) is 6.19. The van der Waals surface area contributed by atoms with Gasteiger partial charge in [0.1, 0.15) is 0 Å². The van der Waals surface area contributed by atoms with Crippen LogP contribution in [0.5, 0.6) is 0 Å². The molecule has 0 saturated carbocycles. The van der Waals surface area contributed by atoms with Gasteiger partial charge in [0.15, 0.2) is 0 Å². The summed E-state index contributed by atoms with van der Waals surface area (Å²) in [6.45, 7) is 1.83. The van der Waals surface area contributed by atoms with Crippen molar-refractivity contribution < 1.29 is 9.59 Å². The molecule has 3 amide bonds. The molecule has 2 aromatic carbocycles. The Labute approximate surface area is 176 Å². The van der Waals surface area contributed by atoms with Crippen molar-refractivity contribution in [3.05, 3.63) is 80.5 Å². The monoisotopic (exact) mass is 433 g/mol. The van der Waals surface area contributed by atoms with Gasteiger partial charge in [0, 0.05) is 21.4 Å². The number of benzene rings is 2. The summed E-state index contributed by atoms with van der Waals surface area (Å²) >= 11 is 13.4. The maximum atomic E-state index is 12.3. The van der Waals surface area contributed by atoms with Gasteiger partial charge in [0.25, 0.3) is 5.91 Å². The number of thiophene rings is 1. The second-order valence-electron chi connectivity index (χ2n) is 6.00. The third-order valence-electron chi connectivity index (χ3n) is 3.90. The Morgan fingerprint density at radius 3 is 2.39 bits per heavy atom. The summed E-state index contributed by atoms with van der Waals surface area (Å²) in [5, 5.41) is 11.2. The highest BCUT2D eigenvalue weighted by Crippen LogP contribution is 2.26. The molecule has 0 bridgehead atoms. The molecule has 3 rings (SSSR count). The van der Waals surface area contributed by atoms with Gasteiger partial charge in [-0.3, -0.25) is 4.79 Å². The van der Waals surface area contributed by atoms with Gasteiger partial charge >= 0.3 is 6.03 Å². The second-order valence-corrected chi connectivity index (χ2v) is 7.79. The van der Waals surface area contributed by atoms with E-state index in [0.717, 1.165) is 5.56 Å². The maximum Gasteiger partial charge on any atom is 0.319 e. The molecule has 0 saturated heterocycles. The minimum absolute atomic E-state index is 0.192. The van der Waals surface area contributed by atoms with E-state index < -0.39 is 0 Å². The molecule has 0 aliphatic heterocycles. The lowest BCUT2D eigenvalue weighted by Gasteiger charge is -2.17. The molecule has 8 heteroatoms. The molecular weight excluding hydrogens is 417 g/mol. The molecule has 3 N–H and O–H groups in total. The summed E-state index contributed by atoms with van der Waals surface area (Å²) in [6, 6.07) is 14.9. The minimum Gasteiger partial charge on any atom is -0.331 e. The molecule has 1 heterocycles. The maximum absolute atomic E-state index is 12.3. The van der Waals surface area contributed by atoms with Crippen LogP contribution >= 0.6 is 34.5 Å².